The quantitative estimate of drug-likeness (QED) is 0.775. The molecule has 0 radical (unpaired) electrons. The molecule has 2 aliphatic rings. The lowest BCUT2D eigenvalue weighted by Gasteiger charge is -2.33. The summed E-state index contributed by atoms with van der Waals surface area (Å²) in [6.45, 7) is 4.57. The zero-order valence-electron chi connectivity index (χ0n) is 10.0. The van der Waals surface area contributed by atoms with Gasteiger partial charge in [0.1, 0.15) is 0 Å². The van der Waals surface area contributed by atoms with E-state index in [9.17, 15) is 0 Å². The van der Waals surface area contributed by atoms with Gasteiger partial charge in [-0.1, -0.05) is 26.2 Å². The summed E-state index contributed by atoms with van der Waals surface area (Å²) in [5.74, 6) is 0.931. The molecule has 0 aromatic heterocycles. The van der Waals surface area contributed by atoms with Gasteiger partial charge in [0.25, 0.3) is 0 Å². The molecule has 0 aromatic carbocycles. The number of ether oxygens (including phenoxy) is 1. The molecule has 1 heterocycles. The summed E-state index contributed by atoms with van der Waals surface area (Å²) in [6, 6.07) is 0. The molecule has 3 unspecified atom stereocenters. The van der Waals surface area contributed by atoms with E-state index in [4.69, 9.17) is 4.74 Å². The van der Waals surface area contributed by atoms with E-state index in [1.807, 2.05) is 0 Å². The Labute approximate surface area is 93.8 Å². The van der Waals surface area contributed by atoms with E-state index in [-0.39, 0.29) is 0 Å². The summed E-state index contributed by atoms with van der Waals surface area (Å²) >= 11 is 0. The van der Waals surface area contributed by atoms with E-state index in [0.29, 0.717) is 12.2 Å². The van der Waals surface area contributed by atoms with Crippen LogP contribution in [0.15, 0.2) is 0 Å². The highest BCUT2D eigenvalue weighted by atomic mass is 16.5. The van der Waals surface area contributed by atoms with Crippen molar-refractivity contribution in [2.45, 2.75) is 64.1 Å². The van der Waals surface area contributed by atoms with Gasteiger partial charge < -0.3 is 10.1 Å². The molecule has 0 bridgehead atoms. The Balaban J connectivity index is 1.72. The molecule has 88 valence electrons. The number of hydrogen-bond acceptors (Lipinski definition) is 2. The average molecular weight is 211 g/mol. The fourth-order valence-corrected chi connectivity index (χ4v) is 2.94. The van der Waals surface area contributed by atoms with Gasteiger partial charge in [-0.25, -0.2) is 0 Å². The van der Waals surface area contributed by atoms with E-state index in [0.717, 1.165) is 12.5 Å². The molecule has 3 atom stereocenters. The van der Waals surface area contributed by atoms with Crippen LogP contribution in [0.5, 0.6) is 0 Å². The van der Waals surface area contributed by atoms with Crippen molar-refractivity contribution in [3.05, 3.63) is 0 Å². The first-order valence-corrected chi connectivity index (χ1v) is 6.74. The van der Waals surface area contributed by atoms with Crippen molar-refractivity contribution in [3.63, 3.8) is 0 Å². The monoisotopic (exact) mass is 211 g/mol. The minimum Gasteiger partial charge on any atom is -0.374 e. The Hall–Kier alpha value is -0.0800. The van der Waals surface area contributed by atoms with Crippen molar-refractivity contribution in [3.8, 4) is 0 Å². The lowest BCUT2D eigenvalue weighted by molar-refractivity contribution is -0.0487. The third-order valence-corrected chi connectivity index (χ3v) is 3.95. The van der Waals surface area contributed by atoms with Crippen LogP contribution < -0.4 is 5.32 Å². The first kappa shape index (κ1) is 11.4. The predicted octanol–water partition coefficient (Wildman–Crippen LogP) is 2.72. The minimum absolute atomic E-state index is 0.499. The third kappa shape index (κ3) is 3.46. The first-order valence-electron chi connectivity index (χ1n) is 6.74. The van der Waals surface area contributed by atoms with Crippen LogP contribution in [-0.2, 0) is 4.74 Å². The zero-order valence-corrected chi connectivity index (χ0v) is 10.0. The number of hydrogen-bond donors (Lipinski definition) is 1. The standard InChI is InChI=1S/C13H25NO/c1-2-11-5-3-6-12(9-11)15-13-7-4-8-14-10-13/h11-14H,2-10H2,1H3. The SMILES string of the molecule is CCC1CCCC(OC2CCCNC2)C1. The highest BCUT2D eigenvalue weighted by Gasteiger charge is 2.24. The van der Waals surface area contributed by atoms with Gasteiger partial charge in [0.05, 0.1) is 12.2 Å². The van der Waals surface area contributed by atoms with Gasteiger partial charge in [0.2, 0.25) is 0 Å². The smallest absolute Gasteiger partial charge is 0.0703 e. The predicted molar refractivity (Wildman–Crippen MR) is 63.0 cm³/mol. The second-order valence-electron chi connectivity index (χ2n) is 5.17. The van der Waals surface area contributed by atoms with E-state index in [2.05, 4.69) is 12.2 Å². The van der Waals surface area contributed by atoms with Crippen LogP contribution in [0, 0.1) is 5.92 Å². The lowest BCUT2D eigenvalue weighted by atomic mass is 9.85. The summed E-state index contributed by atoms with van der Waals surface area (Å²) in [4.78, 5) is 0. The highest BCUT2D eigenvalue weighted by molar-refractivity contribution is 4.76. The van der Waals surface area contributed by atoms with E-state index in [1.54, 1.807) is 0 Å². The molecular weight excluding hydrogens is 186 g/mol. The Morgan fingerprint density at radius 3 is 2.73 bits per heavy atom. The van der Waals surface area contributed by atoms with Crippen molar-refractivity contribution >= 4 is 0 Å². The van der Waals surface area contributed by atoms with Crippen molar-refractivity contribution < 1.29 is 4.74 Å². The van der Waals surface area contributed by atoms with Crippen molar-refractivity contribution in [2.75, 3.05) is 13.1 Å². The largest absolute Gasteiger partial charge is 0.374 e. The van der Waals surface area contributed by atoms with Crippen molar-refractivity contribution in [2.24, 2.45) is 5.92 Å². The summed E-state index contributed by atoms with van der Waals surface area (Å²) in [7, 11) is 0. The maximum absolute atomic E-state index is 6.20. The summed E-state index contributed by atoms with van der Waals surface area (Å²) < 4.78 is 6.20. The minimum atomic E-state index is 0.499. The molecule has 1 N–H and O–H groups in total. The highest BCUT2D eigenvalue weighted by Crippen LogP contribution is 2.29. The molecule has 2 nitrogen and oxygen atoms in total. The molecule has 2 heteroatoms. The normalized spacial score (nSPS) is 37.8. The van der Waals surface area contributed by atoms with E-state index in [1.165, 1.54) is 51.5 Å². The summed E-state index contributed by atoms with van der Waals surface area (Å²) in [6.07, 6.45) is 10.4. The molecule has 1 aliphatic heterocycles. The molecule has 1 saturated heterocycles. The van der Waals surface area contributed by atoms with Crippen LogP contribution in [0.3, 0.4) is 0 Å². The van der Waals surface area contributed by atoms with Crippen LogP contribution in [0.4, 0.5) is 0 Å². The van der Waals surface area contributed by atoms with Crippen LogP contribution in [0.25, 0.3) is 0 Å². The molecule has 0 aromatic rings. The van der Waals surface area contributed by atoms with Gasteiger partial charge in [-0.2, -0.15) is 0 Å². The summed E-state index contributed by atoms with van der Waals surface area (Å²) in [5, 5.41) is 3.42. The number of rotatable bonds is 3. The van der Waals surface area contributed by atoms with Gasteiger partial charge >= 0.3 is 0 Å². The molecule has 1 saturated carbocycles. The topological polar surface area (TPSA) is 21.3 Å². The second kappa shape index (κ2) is 5.86. The Morgan fingerprint density at radius 1 is 1.13 bits per heavy atom. The average Bonchev–Trinajstić information content (AvgIpc) is 2.31. The van der Waals surface area contributed by atoms with Gasteiger partial charge in [0, 0.05) is 6.54 Å². The number of piperidine rings is 1. The molecule has 15 heavy (non-hydrogen) atoms. The zero-order chi connectivity index (χ0) is 10.5. The third-order valence-electron chi connectivity index (χ3n) is 3.95. The Kier molecular flexibility index (Phi) is 4.45. The molecule has 0 spiro atoms. The van der Waals surface area contributed by atoms with Crippen molar-refractivity contribution in [1.29, 1.82) is 0 Å². The maximum atomic E-state index is 6.20. The molecular formula is C13H25NO. The molecule has 2 fully saturated rings. The molecule has 1 aliphatic carbocycles. The second-order valence-corrected chi connectivity index (χ2v) is 5.17. The Bertz CT molecular complexity index is 177. The van der Waals surface area contributed by atoms with Gasteiger partial charge in [0.15, 0.2) is 0 Å². The van der Waals surface area contributed by atoms with Crippen LogP contribution >= 0.6 is 0 Å². The molecule has 2 rings (SSSR count). The fraction of sp³-hybridized carbons (Fsp3) is 1.00. The number of nitrogens with one attached hydrogen (secondary N) is 1. The maximum Gasteiger partial charge on any atom is 0.0703 e. The van der Waals surface area contributed by atoms with Crippen LogP contribution in [0.1, 0.15) is 51.9 Å². The van der Waals surface area contributed by atoms with Crippen LogP contribution in [0.2, 0.25) is 0 Å². The van der Waals surface area contributed by atoms with Crippen LogP contribution in [-0.4, -0.2) is 25.3 Å². The van der Waals surface area contributed by atoms with E-state index >= 15 is 0 Å². The molecule has 0 amide bonds. The van der Waals surface area contributed by atoms with E-state index < -0.39 is 0 Å². The van der Waals surface area contributed by atoms with Gasteiger partial charge in [-0.15, -0.1) is 0 Å². The lowest BCUT2D eigenvalue weighted by Crippen LogP contribution is -2.38. The van der Waals surface area contributed by atoms with Gasteiger partial charge in [-0.3, -0.25) is 0 Å². The van der Waals surface area contributed by atoms with Crippen molar-refractivity contribution in [1.82, 2.24) is 5.32 Å². The summed E-state index contributed by atoms with van der Waals surface area (Å²) in [5.41, 5.74) is 0. The first-order chi connectivity index (χ1) is 7.38. The van der Waals surface area contributed by atoms with Gasteiger partial charge in [-0.05, 0) is 38.1 Å². The fourth-order valence-electron chi connectivity index (χ4n) is 2.94. The Morgan fingerprint density at radius 2 is 2.00 bits per heavy atom.